The van der Waals surface area contributed by atoms with E-state index in [-0.39, 0.29) is 44.8 Å². The first kappa shape index (κ1) is 49.5. The van der Waals surface area contributed by atoms with E-state index in [1.807, 2.05) is 55.7 Å². The van der Waals surface area contributed by atoms with E-state index in [0.717, 1.165) is 23.8 Å². The summed E-state index contributed by atoms with van der Waals surface area (Å²) in [5, 5.41) is 24.7. The molecule has 60 heavy (non-hydrogen) atoms. The lowest BCUT2D eigenvalue weighted by atomic mass is 9.82. The van der Waals surface area contributed by atoms with Crippen LogP contribution in [0.4, 0.5) is 8.78 Å². The van der Waals surface area contributed by atoms with Gasteiger partial charge in [-0.1, -0.05) is 51.1 Å². The number of hydrogen-bond acceptors (Lipinski definition) is 11. The van der Waals surface area contributed by atoms with Gasteiger partial charge in [-0.25, -0.2) is 13.6 Å². The third-order valence-corrected chi connectivity index (χ3v) is 9.22. The molecule has 18 heteroatoms. The minimum atomic E-state index is -1.52. The molecule has 0 radical (unpaired) electrons. The summed E-state index contributed by atoms with van der Waals surface area (Å²) in [5.41, 5.74) is 12.7. The minimum absolute atomic E-state index is 0.0209. The summed E-state index contributed by atoms with van der Waals surface area (Å²) in [4.78, 5) is 52.5. The number of nitrogens with one attached hydrogen (secondary N) is 2. The average Bonchev–Trinajstić information content (AvgIpc) is 3.61. The number of rotatable bonds is 28. The molecule has 3 atom stereocenters. The molecule has 2 aromatic carbocycles. The van der Waals surface area contributed by atoms with Crippen LogP contribution in [-0.2, 0) is 44.7 Å². The number of aliphatic carboxylic acids is 1. The highest BCUT2D eigenvalue weighted by Gasteiger charge is 2.37. The third kappa shape index (κ3) is 16.7. The van der Waals surface area contributed by atoms with Gasteiger partial charge in [0.2, 0.25) is 17.7 Å². The van der Waals surface area contributed by atoms with E-state index >= 15 is 4.39 Å². The van der Waals surface area contributed by atoms with Crippen molar-refractivity contribution in [2.24, 2.45) is 16.9 Å². The van der Waals surface area contributed by atoms with E-state index in [1.165, 1.54) is 4.90 Å². The van der Waals surface area contributed by atoms with Crippen LogP contribution in [-0.4, -0.2) is 135 Å². The molecule has 0 spiro atoms. The molecular formula is C42H60F2N6O10. The Labute approximate surface area is 349 Å². The number of carbonyl (C=O) groups excluding carboxylic acids is 3. The number of amides is 3. The van der Waals surface area contributed by atoms with Crippen LogP contribution in [0.25, 0.3) is 11.1 Å². The standard InChI is InChI=1S/C42H60F2N6O10/c1-42(2,3)39(36-23-30(32-24-31(43)9-10-33(32)44)27-49(36)26-29-7-5-4-6-8-29)50(38(53)28-51)14-11-34(46)40(54)48-35(41(55)56)25-47-37(52)12-15-57-17-19-59-21-22-60-20-18-58-16-13-45/h4-10,23-24,27,34-35,39,51H,11-22,25-26,28,45-46H2,1-3H3,(H,47,52)(H,48,54)(H,55,56)/t34?,35-,39?/m1/s1. The maximum Gasteiger partial charge on any atom is 0.328 e. The summed E-state index contributed by atoms with van der Waals surface area (Å²) in [6, 6.07) is 10.6. The Balaban J connectivity index is 1.62. The summed E-state index contributed by atoms with van der Waals surface area (Å²) in [6.07, 6.45) is 1.46. The molecule has 8 N–H and O–H groups in total. The predicted molar refractivity (Wildman–Crippen MR) is 218 cm³/mol. The monoisotopic (exact) mass is 846 g/mol. The van der Waals surface area contributed by atoms with Gasteiger partial charge in [0.05, 0.1) is 64.9 Å². The summed E-state index contributed by atoms with van der Waals surface area (Å²) < 4.78 is 52.6. The topological polar surface area (TPSA) is 230 Å². The van der Waals surface area contributed by atoms with Gasteiger partial charge < -0.3 is 60.7 Å². The number of carboxylic acids is 1. The quantitative estimate of drug-likeness (QED) is 0.0579. The maximum absolute atomic E-state index is 15.1. The summed E-state index contributed by atoms with van der Waals surface area (Å²) >= 11 is 0. The van der Waals surface area contributed by atoms with Gasteiger partial charge in [-0.2, -0.15) is 0 Å². The van der Waals surface area contributed by atoms with Gasteiger partial charge in [0.25, 0.3) is 0 Å². The smallest absolute Gasteiger partial charge is 0.328 e. The molecule has 3 rings (SSSR count). The van der Waals surface area contributed by atoms with Crippen LogP contribution in [0.1, 0.15) is 50.9 Å². The Morgan fingerprint density at radius 1 is 0.883 bits per heavy atom. The largest absolute Gasteiger partial charge is 0.480 e. The lowest BCUT2D eigenvalue weighted by molar-refractivity contribution is -0.142. The van der Waals surface area contributed by atoms with Crippen molar-refractivity contribution in [3.05, 3.63) is 83.7 Å². The van der Waals surface area contributed by atoms with Gasteiger partial charge in [0.1, 0.15) is 24.3 Å². The molecule has 0 aliphatic heterocycles. The first-order valence-corrected chi connectivity index (χ1v) is 19.8. The number of ether oxygens (including phenoxy) is 4. The zero-order valence-electron chi connectivity index (χ0n) is 34.6. The highest BCUT2D eigenvalue weighted by molar-refractivity contribution is 5.87. The van der Waals surface area contributed by atoms with Crippen LogP contribution in [0, 0.1) is 17.0 Å². The molecule has 0 saturated carbocycles. The van der Waals surface area contributed by atoms with Crippen LogP contribution in [0.3, 0.4) is 0 Å². The second-order valence-corrected chi connectivity index (χ2v) is 15.0. The molecule has 0 fully saturated rings. The fourth-order valence-electron chi connectivity index (χ4n) is 6.30. The van der Waals surface area contributed by atoms with Gasteiger partial charge in [-0.05, 0) is 41.7 Å². The van der Waals surface area contributed by atoms with Crippen molar-refractivity contribution in [1.82, 2.24) is 20.1 Å². The number of aromatic nitrogens is 1. The molecule has 1 heterocycles. The van der Waals surface area contributed by atoms with Gasteiger partial charge in [0, 0.05) is 55.6 Å². The summed E-state index contributed by atoms with van der Waals surface area (Å²) in [5.74, 6) is -4.70. The van der Waals surface area contributed by atoms with E-state index in [1.54, 1.807) is 12.3 Å². The Bertz CT molecular complexity index is 1790. The Morgan fingerprint density at radius 2 is 1.50 bits per heavy atom. The van der Waals surface area contributed by atoms with Crippen LogP contribution in [0.15, 0.2) is 60.8 Å². The molecule has 0 saturated heterocycles. The fraction of sp³-hybridized carbons (Fsp3) is 0.524. The van der Waals surface area contributed by atoms with Crippen LogP contribution < -0.4 is 22.1 Å². The Kier molecular flexibility index (Phi) is 21.2. The van der Waals surface area contributed by atoms with Crippen LogP contribution >= 0.6 is 0 Å². The highest BCUT2D eigenvalue weighted by Crippen LogP contribution is 2.41. The molecular weight excluding hydrogens is 786 g/mol. The van der Waals surface area contributed by atoms with Crippen molar-refractivity contribution >= 4 is 23.7 Å². The number of aliphatic hydroxyl groups is 1. The molecule has 0 bridgehead atoms. The van der Waals surface area contributed by atoms with Gasteiger partial charge in [-0.3, -0.25) is 14.4 Å². The molecule has 3 aromatic rings. The molecule has 16 nitrogen and oxygen atoms in total. The lowest BCUT2D eigenvalue weighted by Gasteiger charge is -2.41. The van der Waals surface area contributed by atoms with Crippen molar-refractivity contribution in [2.75, 3.05) is 79.1 Å². The van der Waals surface area contributed by atoms with Crippen molar-refractivity contribution in [2.45, 2.75) is 58.3 Å². The second-order valence-electron chi connectivity index (χ2n) is 15.0. The maximum atomic E-state index is 15.1. The SMILES string of the molecule is CC(C)(C)C(c1cc(-c2cc(F)ccc2F)cn1Cc1ccccc1)N(CCC(N)C(=O)N[C@H](CNC(=O)CCOCCOCCOCCOCCN)C(=O)O)C(=O)CO. The minimum Gasteiger partial charge on any atom is -0.480 e. The van der Waals surface area contributed by atoms with Crippen molar-refractivity contribution in [3.63, 3.8) is 0 Å². The molecule has 0 aliphatic carbocycles. The number of aliphatic hydroxyl groups excluding tert-OH is 1. The number of hydrogen-bond donors (Lipinski definition) is 6. The number of benzene rings is 2. The van der Waals surface area contributed by atoms with E-state index in [0.29, 0.717) is 57.4 Å². The molecule has 1 aromatic heterocycles. The molecule has 0 aliphatic rings. The first-order valence-electron chi connectivity index (χ1n) is 19.8. The first-order chi connectivity index (χ1) is 28.7. The van der Waals surface area contributed by atoms with Gasteiger partial charge >= 0.3 is 5.97 Å². The summed E-state index contributed by atoms with van der Waals surface area (Å²) in [6.45, 7) is 7.59. The molecule has 332 valence electrons. The third-order valence-electron chi connectivity index (χ3n) is 9.22. The van der Waals surface area contributed by atoms with Crippen LogP contribution in [0.2, 0.25) is 0 Å². The highest BCUT2D eigenvalue weighted by atomic mass is 19.1. The van der Waals surface area contributed by atoms with Crippen LogP contribution in [0.5, 0.6) is 0 Å². The zero-order chi connectivity index (χ0) is 44.1. The molecule has 3 amide bonds. The van der Waals surface area contributed by atoms with E-state index in [4.69, 9.17) is 30.4 Å². The number of carbonyl (C=O) groups is 4. The van der Waals surface area contributed by atoms with Gasteiger partial charge in [-0.15, -0.1) is 0 Å². The lowest BCUT2D eigenvalue weighted by Crippen LogP contribution is -2.53. The van der Waals surface area contributed by atoms with Crippen molar-refractivity contribution in [1.29, 1.82) is 0 Å². The summed E-state index contributed by atoms with van der Waals surface area (Å²) in [7, 11) is 0. The predicted octanol–water partition coefficient (Wildman–Crippen LogP) is 2.21. The normalized spacial score (nSPS) is 13.1. The van der Waals surface area contributed by atoms with E-state index in [2.05, 4.69) is 10.6 Å². The number of nitrogens with two attached hydrogens (primary N) is 2. The Hall–Kier alpha value is -4.82. The second kappa shape index (κ2) is 25.7. The van der Waals surface area contributed by atoms with Crippen molar-refractivity contribution in [3.8, 4) is 11.1 Å². The number of halogens is 2. The van der Waals surface area contributed by atoms with Gasteiger partial charge in [0.15, 0.2) is 0 Å². The zero-order valence-corrected chi connectivity index (χ0v) is 34.6. The molecule has 2 unspecified atom stereocenters. The number of carboxylic acid groups (broad SMARTS) is 1. The van der Waals surface area contributed by atoms with E-state index < -0.39 is 72.0 Å². The van der Waals surface area contributed by atoms with Crippen molar-refractivity contribution < 1.29 is 57.1 Å². The number of nitrogens with zero attached hydrogens (tertiary/aromatic N) is 2. The average molecular weight is 847 g/mol. The van der Waals surface area contributed by atoms with E-state index in [9.17, 15) is 33.8 Å². The Morgan fingerprint density at radius 3 is 2.08 bits per heavy atom. The fourth-order valence-corrected chi connectivity index (χ4v) is 6.30.